The van der Waals surface area contributed by atoms with Crippen molar-refractivity contribution < 1.29 is 9.90 Å². The smallest absolute Gasteiger partial charge is 0.251 e. The Balaban J connectivity index is 1.76. The number of nitrogens with one attached hydrogen (secondary N) is 1. The minimum Gasteiger partial charge on any atom is -0.388 e. The molecule has 7 nitrogen and oxygen atoms in total. The number of hydrogen-bond donors (Lipinski definition) is 2. The summed E-state index contributed by atoms with van der Waals surface area (Å²) >= 11 is 0. The van der Waals surface area contributed by atoms with Gasteiger partial charge in [-0.2, -0.15) is 5.10 Å². The second-order valence-electron chi connectivity index (χ2n) is 7.04. The average molecular weight is 343 g/mol. The van der Waals surface area contributed by atoms with E-state index in [1.54, 1.807) is 4.68 Å². The summed E-state index contributed by atoms with van der Waals surface area (Å²) < 4.78 is 1.69. The van der Waals surface area contributed by atoms with Crippen LogP contribution in [0.15, 0.2) is 6.07 Å². The van der Waals surface area contributed by atoms with E-state index in [1.165, 1.54) is 0 Å². The number of hydrogen-bond acceptors (Lipinski definition) is 5. The van der Waals surface area contributed by atoms with Gasteiger partial charge in [-0.1, -0.05) is 0 Å². The molecule has 25 heavy (non-hydrogen) atoms. The summed E-state index contributed by atoms with van der Waals surface area (Å²) in [7, 11) is 0. The summed E-state index contributed by atoms with van der Waals surface area (Å²) in [6.07, 6.45) is 2.77. The molecule has 1 aliphatic carbocycles. The predicted molar refractivity (Wildman–Crippen MR) is 93.6 cm³/mol. The van der Waals surface area contributed by atoms with Crippen molar-refractivity contribution in [1.29, 1.82) is 0 Å². The molecule has 3 rings (SSSR count). The molecule has 0 unspecified atom stereocenters. The van der Waals surface area contributed by atoms with E-state index in [4.69, 9.17) is 0 Å². The number of rotatable bonds is 5. The Hall–Kier alpha value is -2.28. The molecule has 2 aromatic rings. The lowest BCUT2D eigenvalue weighted by Gasteiger charge is -2.36. The van der Waals surface area contributed by atoms with Gasteiger partial charge in [-0.25, -0.2) is 14.6 Å². The topological polar surface area (TPSA) is 92.9 Å². The summed E-state index contributed by atoms with van der Waals surface area (Å²) in [4.78, 5) is 21.2. The van der Waals surface area contributed by atoms with Crippen LogP contribution in [-0.2, 0) is 11.2 Å². The highest BCUT2D eigenvalue weighted by Crippen LogP contribution is 2.30. The number of aryl methyl sites for hydroxylation is 3. The molecule has 0 bridgehead atoms. The zero-order chi connectivity index (χ0) is 18.2. The SMILES string of the molecule is Cc1cc(C)nc(-n2nc(C)c(CC(=O)NCC3(O)CCC3)c2C)n1. The molecule has 0 radical (unpaired) electrons. The van der Waals surface area contributed by atoms with Crippen LogP contribution < -0.4 is 5.32 Å². The molecule has 0 aromatic carbocycles. The van der Waals surface area contributed by atoms with Gasteiger partial charge in [-0.05, 0) is 53.0 Å². The molecule has 134 valence electrons. The zero-order valence-electron chi connectivity index (χ0n) is 15.3. The summed E-state index contributed by atoms with van der Waals surface area (Å²) in [5, 5.41) is 17.4. The van der Waals surface area contributed by atoms with Crippen LogP contribution in [0.4, 0.5) is 0 Å². The van der Waals surface area contributed by atoms with Crippen LogP contribution in [0.2, 0.25) is 0 Å². The highest BCUT2D eigenvalue weighted by Gasteiger charge is 2.34. The molecule has 1 saturated carbocycles. The number of carbonyl (C=O) groups excluding carboxylic acids is 1. The molecule has 0 spiro atoms. The summed E-state index contributed by atoms with van der Waals surface area (Å²) in [5.41, 5.74) is 3.57. The van der Waals surface area contributed by atoms with Crippen molar-refractivity contribution in [1.82, 2.24) is 25.1 Å². The quantitative estimate of drug-likeness (QED) is 0.857. The van der Waals surface area contributed by atoms with Crippen molar-refractivity contribution in [3.63, 3.8) is 0 Å². The lowest BCUT2D eigenvalue weighted by atomic mass is 9.80. The molecular formula is C18H25N5O2. The van der Waals surface area contributed by atoms with Gasteiger partial charge in [0.15, 0.2) is 0 Å². The van der Waals surface area contributed by atoms with Gasteiger partial charge in [0.1, 0.15) is 0 Å². The van der Waals surface area contributed by atoms with Crippen molar-refractivity contribution >= 4 is 5.91 Å². The van der Waals surface area contributed by atoms with Gasteiger partial charge in [-0.15, -0.1) is 0 Å². The lowest BCUT2D eigenvalue weighted by molar-refractivity contribution is -0.122. The van der Waals surface area contributed by atoms with E-state index >= 15 is 0 Å². The molecule has 0 aliphatic heterocycles. The van der Waals surface area contributed by atoms with Gasteiger partial charge in [0.05, 0.1) is 17.7 Å². The Kier molecular flexibility index (Phi) is 4.60. The fraction of sp³-hybridized carbons (Fsp3) is 0.556. The number of aliphatic hydroxyl groups is 1. The molecule has 1 amide bonds. The Morgan fingerprint density at radius 1 is 1.24 bits per heavy atom. The van der Waals surface area contributed by atoms with Crippen LogP contribution in [-0.4, -0.2) is 42.9 Å². The van der Waals surface area contributed by atoms with E-state index in [0.29, 0.717) is 12.5 Å². The number of carbonyl (C=O) groups is 1. The maximum absolute atomic E-state index is 12.3. The van der Waals surface area contributed by atoms with Gasteiger partial charge < -0.3 is 10.4 Å². The Morgan fingerprint density at radius 2 is 1.88 bits per heavy atom. The average Bonchev–Trinajstić information content (AvgIpc) is 2.78. The molecule has 1 fully saturated rings. The van der Waals surface area contributed by atoms with Crippen molar-refractivity contribution in [2.75, 3.05) is 6.54 Å². The largest absolute Gasteiger partial charge is 0.388 e. The first-order chi connectivity index (χ1) is 11.8. The van der Waals surface area contributed by atoms with Crippen molar-refractivity contribution in [2.24, 2.45) is 0 Å². The molecule has 2 aromatic heterocycles. The lowest BCUT2D eigenvalue weighted by Crippen LogP contribution is -2.48. The summed E-state index contributed by atoms with van der Waals surface area (Å²) in [6, 6.07) is 1.91. The maximum Gasteiger partial charge on any atom is 0.251 e. The number of amides is 1. The van der Waals surface area contributed by atoms with Crippen LogP contribution in [0, 0.1) is 27.7 Å². The minimum absolute atomic E-state index is 0.104. The van der Waals surface area contributed by atoms with Crippen LogP contribution >= 0.6 is 0 Å². The third-order valence-corrected chi connectivity index (χ3v) is 4.84. The highest BCUT2D eigenvalue weighted by atomic mass is 16.3. The first kappa shape index (κ1) is 17.5. The predicted octanol–water partition coefficient (Wildman–Crippen LogP) is 1.47. The van der Waals surface area contributed by atoms with Crippen molar-refractivity contribution in [3.05, 3.63) is 34.4 Å². The van der Waals surface area contributed by atoms with Gasteiger partial charge in [0.2, 0.25) is 5.91 Å². The molecule has 1 aliphatic rings. The molecular weight excluding hydrogens is 318 g/mol. The van der Waals surface area contributed by atoms with E-state index in [0.717, 1.165) is 47.6 Å². The first-order valence-corrected chi connectivity index (χ1v) is 8.64. The second-order valence-corrected chi connectivity index (χ2v) is 7.04. The summed E-state index contributed by atoms with van der Waals surface area (Å²) in [6.45, 7) is 7.96. The fourth-order valence-corrected chi connectivity index (χ4v) is 3.18. The molecule has 2 N–H and O–H groups in total. The first-order valence-electron chi connectivity index (χ1n) is 8.64. The van der Waals surface area contributed by atoms with E-state index < -0.39 is 5.60 Å². The van der Waals surface area contributed by atoms with Gasteiger partial charge in [0.25, 0.3) is 5.95 Å². The zero-order valence-corrected chi connectivity index (χ0v) is 15.3. The van der Waals surface area contributed by atoms with Crippen LogP contribution in [0.25, 0.3) is 5.95 Å². The van der Waals surface area contributed by atoms with E-state index in [-0.39, 0.29) is 12.3 Å². The van der Waals surface area contributed by atoms with Crippen LogP contribution in [0.5, 0.6) is 0 Å². The van der Waals surface area contributed by atoms with Gasteiger partial charge >= 0.3 is 0 Å². The second kappa shape index (κ2) is 6.55. The van der Waals surface area contributed by atoms with Gasteiger partial charge in [0, 0.05) is 29.2 Å². The fourth-order valence-electron chi connectivity index (χ4n) is 3.18. The van der Waals surface area contributed by atoms with Crippen molar-refractivity contribution in [3.8, 4) is 5.95 Å². The maximum atomic E-state index is 12.3. The normalized spacial score (nSPS) is 15.7. The Bertz CT molecular complexity index is 788. The highest BCUT2D eigenvalue weighted by molar-refractivity contribution is 5.79. The minimum atomic E-state index is -0.711. The molecule has 7 heteroatoms. The van der Waals surface area contributed by atoms with Crippen molar-refractivity contribution in [2.45, 2.75) is 59.0 Å². The molecule has 0 atom stereocenters. The standard InChI is InChI=1S/C18H25N5O2/c1-11-8-12(2)21-17(20-11)23-14(4)15(13(3)22-23)9-16(24)19-10-18(25)6-5-7-18/h8,25H,5-7,9-10H2,1-4H3,(H,19,24). The van der Waals surface area contributed by atoms with E-state index in [9.17, 15) is 9.90 Å². The monoisotopic (exact) mass is 343 g/mol. The Morgan fingerprint density at radius 3 is 2.44 bits per heavy atom. The number of aromatic nitrogens is 4. The molecule has 0 saturated heterocycles. The third-order valence-electron chi connectivity index (χ3n) is 4.84. The molecule has 2 heterocycles. The van der Waals surface area contributed by atoms with Crippen LogP contribution in [0.3, 0.4) is 0 Å². The van der Waals surface area contributed by atoms with E-state index in [1.807, 2.05) is 33.8 Å². The third kappa shape index (κ3) is 3.71. The van der Waals surface area contributed by atoms with E-state index in [2.05, 4.69) is 20.4 Å². The summed E-state index contributed by atoms with van der Waals surface area (Å²) in [5.74, 6) is 0.418. The Labute approximate surface area is 147 Å². The van der Waals surface area contributed by atoms with Gasteiger partial charge in [-0.3, -0.25) is 4.79 Å². The number of nitrogens with zero attached hydrogens (tertiary/aromatic N) is 4. The van der Waals surface area contributed by atoms with Crippen LogP contribution in [0.1, 0.15) is 47.6 Å².